The Morgan fingerprint density at radius 2 is 1.76 bits per heavy atom. The first kappa shape index (κ1) is 25.0. The first-order valence-corrected chi connectivity index (χ1v) is 9.78. The van der Waals surface area contributed by atoms with Crippen LogP contribution >= 0.6 is 23.2 Å². The summed E-state index contributed by atoms with van der Waals surface area (Å²) in [4.78, 5) is 8.26. The molecule has 0 spiro atoms. The van der Waals surface area contributed by atoms with Gasteiger partial charge in [-0.1, -0.05) is 28.4 Å². The second-order valence-corrected chi connectivity index (χ2v) is 7.85. The molecule has 1 heterocycles. The summed E-state index contributed by atoms with van der Waals surface area (Å²) in [5, 5.41) is 15.1. The lowest BCUT2D eigenvalue weighted by molar-refractivity contribution is -0.275. The van der Waals surface area contributed by atoms with Gasteiger partial charge in [0.1, 0.15) is 11.4 Å². The largest absolute Gasteiger partial charge is 0.861 e. The topological polar surface area (TPSA) is 66.2 Å². The molecule has 0 aliphatic carbocycles. The Kier molecular flexibility index (Phi) is 6.77. The van der Waals surface area contributed by atoms with Gasteiger partial charge in [-0.25, -0.2) is 0 Å². The minimum Gasteiger partial charge on any atom is -0.861 e. The van der Waals surface area contributed by atoms with Crippen LogP contribution in [0.5, 0.6) is 5.75 Å². The molecule has 0 radical (unpaired) electrons. The Balaban J connectivity index is 2.00. The normalized spacial score (nSPS) is 19.3. The van der Waals surface area contributed by atoms with E-state index in [1.54, 1.807) is 0 Å². The number of benzene rings is 2. The maximum absolute atomic E-state index is 14.1. The molecule has 1 aliphatic rings. The van der Waals surface area contributed by atoms with Gasteiger partial charge < -0.3 is 14.7 Å². The molecule has 1 aliphatic heterocycles. The monoisotopic (exact) mass is 513 g/mol. The van der Waals surface area contributed by atoms with E-state index in [2.05, 4.69) is 10.1 Å². The zero-order chi connectivity index (χ0) is 24.6. The van der Waals surface area contributed by atoms with Crippen LogP contribution in [0.2, 0.25) is 10.0 Å². The third-order valence-corrected chi connectivity index (χ3v) is 5.06. The molecule has 1 atom stereocenters. The predicted molar refractivity (Wildman–Crippen MR) is 107 cm³/mol. The Morgan fingerprint density at radius 1 is 1.12 bits per heavy atom. The second kappa shape index (κ2) is 8.94. The zero-order valence-electron chi connectivity index (χ0n) is 16.5. The van der Waals surface area contributed by atoms with E-state index in [-0.39, 0.29) is 38.3 Å². The summed E-state index contributed by atoms with van der Waals surface area (Å²) in [6.45, 7) is 0. The molecule has 1 unspecified atom stereocenters. The third-order valence-electron chi connectivity index (χ3n) is 4.62. The molecule has 13 heteroatoms. The number of methoxy groups -OCH3 is 1. The molecule has 5 nitrogen and oxygen atoms in total. The Labute approximate surface area is 193 Å². The number of alkyl halides is 6. The molecule has 0 amide bonds. The number of rotatable bonds is 5. The maximum Gasteiger partial charge on any atom is 0.435 e. The lowest BCUT2D eigenvalue weighted by Crippen LogP contribution is -2.42. The van der Waals surface area contributed by atoms with Crippen LogP contribution in [0.25, 0.3) is 0 Å². The van der Waals surface area contributed by atoms with E-state index in [0.29, 0.717) is 0 Å². The third kappa shape index (κ3) is 5.47. The molecule has 33 heavy (non-hydrogen) atoms. The first-order chi connectivity index (χ1) is 15.2. The second-order valence-electron chi connectivity index (χ2n) is 6.97. The van der Waals surface area contributed by atoms with Gasteiger partial charge in [0.15, 0.2) is 0 Å². The number of nitrogens with zero attached hydrogens (tertiary/aromatic N) is 2. The van der Waals surface area contributed by atoms with Crippen LogP contribution in [0, 0.1) is 0 Å². The fourth-order valence-electron chi connectivity index (χ4n) is 3.15. The van der Waals surface area contributed by atoms with E-state index in [4.69, 9.17) is 32.8 Å². The van der Waals surface area contributed by atoms with Crippen molar-refractivity contribution in [3.8, 4) is 5.75 Å². The molecule has 0 saturated carbocycles. The van der Waals surface area contributed by atoms with Gasteiger partial charge in [-0.2, -0.15) is 26.3 Å². The van der Waals surface area contributed by atoms with E-state index in [0.717, 1.165) is 18.2 Å². The highest BCUT2D eigenvalue weighted by molar-refractivity contribution is 6.34. The lowest BCUT2D eigenvalue weighted by Gasteiger charge is -2.29. The van der Waals surface area contributed by atoms with Gasteiger partial charge in [-0.15, -0.1) is 0 Å². The molecule has 0 saturated heterocycles. The van der Waals surface area contributed by atoms with Gasteiger partial charge in [0.25, 0.3) is 5.60 Å². The summed E-state index contributed by atoms with van der Waals surface area (Å²) in [6.07, 6.45) is -12.3. The summed E-state index contributed by atoms with van der Waals surface area (Å²) >= 11 is 11.7. The number of halogens is 8. The first-order valence-electron chi connectivity index (χ1n) is 9.02. The van der Waals surface area contributed by atoms with Crippen molar-refractivity contribution in [1.82, 2.24) is 0 Å². The van der Waals surface area contributed by atoms with E-state index in [1.807, 2.05) is 0 Å². The molecule has 2 aromatic carbocycles. The number of hydrogen-bond donors (Lipinski definition) is 0. The fraction of sp³-hybridized carbons (Fsp3) is 0.300. The molecule has 178 valence electrons. The van der Waals surface area contributed by atoms with Gasteiger partial charge >= 0.3 is 12.4 Å². The zero-order valence-corrected chi connectivity index (χ0v) is 18.0. The summed E-state index contributed by atoms with van der Waals surface area (Å²) in [5.74, 6) is -1.56. The van der Waals surface area contributed by atoms with E-state index < -0.39 is 36.7 Å². The van der Waals surface area contributed by atoms with Crippen LogP contribution < -0.4 is 9.84 Å². The van der Waals surface area contributed by atoms with Crippen molar-refractivity contribution in [1.29, 1.82) is 0 Å². The van der Waals surface area contributed by atoms with Crippen LogP contribution in [0.15, 0.2) is 46.5 Å². The standard InChI is InChI=1S/C20H14Cl2F6N2O3/c1-32-16-3-2-10(4-14(16)29-17(31)9-19(23,24)25)15-8-18(33-30-15,20(26,27)28)11-5-12(21)7-13(22)6-11/h2-7H,8-9H2,1H3,(H,29,31)/p-1. The van der Waals surface area contributed by atoms with Crippen molar-refractivity contribution in [2.24, 2.45) is 10.1 Å². The van der Waals surface area contributed by atoms with Crippen LogP contribution in [-0.4, -0.2) is 31.1 Å². The van der Waals surface area contributed by atoms with Gasteiger partial charge in [-0.3, -0.25) is 4.99 Å². The van der Waals surface area contributed by atoms with E-state index >= 15 is 0 Å². The van der Waals surface area contributed by atoms with Crippen molar-refractivity contribution < 1.29 is 41.0 Å². The van der Waals surface area contributed by atoms with Crippen molar-refractivity contribution >= 4 is 40.5 Å². The predicted octanol–water partition coefficient (Wildman–Crippen LogP) is 5.93. The van der Waals surface area contributed by atoms with Crippen molar-refractivity contribution in [3.05, 3.63) is 57.6 Å². The quantitative estimate of drug-likeness (QED) is 0.283. The molecular weight excluding hydrogens is 501 g/mol. The highest BCUT2D eigenvalue weighted by atomic mass is 35.5. The minimum absolute atomic E-state index is 0.0357. The van der Waals surface area contributed by atoms with Gasteiger partial charge in [0.05, 0.1) is 19.2 Å². The van der Waals surface area contributed by atoms with Crippen LogP contribution in [0.3, 0.4) is 0 Å². The van der Waals surface area contributed by atoms with Crippen molar-refractivity contribution in [2.45, 2.75) is 30.8 Å². The molecule has 0 aromatic heterocycles. The molecular formula is C20H13Cl2F6N2O3-. The van der Waals surface area contributed by atoms with Gasteiger partial charge in [0.2, 0.25) is 0 Å². The summed E-state index contributed by atoms with van der Waals surface area (Å²) < 4.78 is 84.7. The molecule has 3 rings (SSSR count). The number of oxime groups is 1. The molecule has 2 aromatic rings. The molecule has 0 fully saturated rings. The maximum atomic E-state index is 14.1. The summed E-state index contributed by atoms with van der Waals surface area (Å²) in [6, 6.07) is 6.98. The van der Waals surface area contributed by atoms with Gasteiger partial charge in [-0.05, 0) is 42.3 Å². The average molecular weight is 514 g/mol. The van der Waals surface area contributed by atoms with Crippen LogP contribution in [0.4, 0.5) is 32.0 Å². The minimum atomic E-state index is -4.94. The van der Waals surface area contributed by atoms with Crippen LogP contribution in [-0.2, 0) is 10.4 Å². The highest BCUT2D eigenvalue weighted by Crippen LogP contribution is 2.50. The average Bonchev–Trinajstić information content (AvgIpc) is 3.12. The SMILES string of the molecule is COc1ccc(C2=NOC(c3cc(Cl)cc(Cl)c3)(C(F)(F)F)C2)cc1N=C([O-])CC(F)(F)F. The van der Waals surface area contributed by atoms with E-state index in [9.17, 15) is 31.4 Å². The highest BCUT2D eigenvalue weighted by Gasteiger charge is 2.62. The Hall–Kier alpha value is -2.66. The van der Waals surface area contributed by atoms with Crippen LogP contribution in [0.1, 0.15) is 24.0 Å². The summed E-state index contributed by atoms with van der Waals surface area (Å²) in [7, 11) is 1.19. The lowest BCUT2D eigenvalue weighted by atomic mass is 9.86. The fourth-order valence-corrected chi connectivity index (χ4v) is 3.67. The number of hydrogen-bond acceptors (Lipinski definition) is 5. The Morgan fingerprint density at radius 3 is 2.30 bits per heavy atom. The van der Waals surface area contributed by atoms with Gasteiger partial charge in [0, 0.05) is 27.6 Å². The van der Waals surface area contributed by atoms with E-state index in [1.165, 1.54) is 25.3 Å². The van der Waals surface area contributed by atoms with Crippen molar-refractivity contribution in [3.63, 3.8) is 0 Å². The summed E-state index contributed by atoms with van der Waals surface area (Å²) in [5.41, 5.74) is -3.74. The number of ether oxygens (including phenoxy) is 1. The molecule has 0 bridgehead atoms. The Bertz CT molecular complexity index is 1100. The smallest absolute Gasteiger partial charge is 0.435 e. The van der Waals surface area contributed by atoms with Crippen molar-refractivity contribution in [2.75, 3.05) is 7.11 Å². The number of aliphatic imine (C=N–C) groups is 1. The molecule has 0 N–H and O–H groups in total.